The van der Waals surface area contributed by atoms with Gasteiger partial charge >= 0.3 is 5.69 Å². The maximum Gasteiger partial charge on any atom is 0.310 e. The summed E-state index contributed by atoms with van der Waals surface area (Å²) < 4.78 is 5.43. The van der Waals surface area contributed by atoms with Crippen molar-refractivity contribution >= 4 is 11.5 Å². The lowest BCUT2D eigenvalue weighted by Crippen LogP contribution is -2.14. The Morgan fingerprint density at radius 1 is 1.04 bits per heavy atom. The van der Waals surface area contributed by atoms with E-state index in [9.17, 15) is 14.9 Å². The zero-order valence-corrected chi connectivity index (χ0v) is 13.7. The van der Waals surface area contributed by atoms with E-state index in [4.69, 9.17) is 4.74 Å². The van der Waals surface area contributed by atoms with Crippen molar-refractivity contribution in [2.75, 3.05) is 6.61 Å². The van der Waals surface area contributed by atoms with Crippen molar-refractivity contribution in [2.45, 2.75) is 27.7 Å². The third kappa shape index (κ3) is 3.74. The average Bonchev–Trinajstić information content (AvgIpc) is 2.48. The quantitative estimate of drug-likeness (QED) is 0.473. The van der Waals surface area contributed by atoms with Gasteiger partial charge in [0.1, 0.15) is 0 Å². The van der Waals surface area contributed by atoms with E-state index in [2.05, 4.69) is 0 Å². The maximum atomic E-state index is 12.4. The van der Waals surface area contributed by atoms with Crippen LogP contribution < -0.4 is 4.74 Å². The smallest absolute Gasteiger partial charge is 0.310 e. The van der Waals surface area contributed by atoms with Crippen LogP contribution in [0.1, 0.15) is 32.6 Å². The normalized spacial score (nSPS) is 10.4. The zero-order chi connectivity index (χ0) is 17.1. The number of nitro groups is 1. The minimum atomic E-state index is -0.513. The van der Waals surface area contributed by atoms with Gasteiger partial charge in [-0.3, -0.25) is 14.9 Å². The van der Waals surface area contributed by atoms with E-state index in [1.165, 1.54) is 6.07 Å². The molecule has 0 heterocycles. The molecular weight excluding hydrogens is 294 g/mol. The van der Waals surface area contributed by atoms with Gasteiger partial charge in [-0.1, -0.05) is 12.1 Å². The van der Waals surface area contributed by atoms with E-state index in [1.54, 1.807) is 12.1 Å². The third-order valence-electron chi connectivity index (χ3n) is 3.81. The van der Waals surface area contributed by atoms with E-state index in [0.717, 1.165) is 22.3 Å². The molecule has 0 spiro atoms. The van der Waals surface area contributed by atoms with Crippen molar-refractivity contribution < 1.29 is 14.5 Å². The molecule has 2 aromatic carbocycles. The van der Waals surface area contributed by atoms with E-state index >= 15 is 0 Å². The number of nitro benzene ring substituents is 1. The molecule has 0 saturated heterocycles. The topological polar surface area (TPSA) is 69.4 Å². The van der Waals surface area contributed by atoms with Gasteiger partial charge in [0, 0.05) is 11.6 Å². The lowest BCUT2D eigenvalue weighted by molar-refractivity contribution is -0.385. The zero-order valence-electron chi connectivity index (χ0n) is 13.7. The minimum absolute atomic E-state index is 0.116. The maximum absolute atomic E-state index is 12.4. The van der Waals surface area contributed by atoms with Crippen LogP contribution in [0.3, 0.4) is 0 Å². The summed E-state index contributed by atoms with van der Waals surface area (Å²) in [7, 11) is 0. The van der Waals surface area contributed by atoms with Gasteiger partial charge in [-0.2, -0.15) is 0 Å². The molecule has 120 valence electrons. The molecule has 2 rings (SSSR count). The van der Waals surface area contributed by atoms with Crippen molar-refractivity contribution in [1.29, 1.82) is 0 Å². The largest absolute Gasteiger partial charge is 0.478 e. The highest BCUT2D eigenvalue weighted by atomic mass is 16.6. The lowest BCUT2D eigenvalue weighted by Gasteiger charge is -2.10. The molecule has 5 heteroatoms. The Morgan fingerprint density at radius 3 is 2.35 bits per heavy atom. The first-order chi connectivity index (χ1) is 10.8. The Morgan fingerprint density at radius 2 is 1.70 bits per heavy atom. The highest BCUT2D eigenvalue weighted by molar-refractivity contribution is 5.98. The molecule has 0 bridgehead atoms. The Labute approximate surface area is 135 Å². The molecule has 0 saturated carbocycles. The Kier molecular flexibility index (Phi) is 4.79. The minimum Gasteiger partial charge on any atom is -0.478 e. The highest BCUT2D eigenvalue weighted by Crippen LogP contribution is 2.28. The summed E-state index contributed by atoms with van der Waals surface area (Å²) in [6.45, 7) is 7.38. The second kappa shape index (κ2) is 6.60. The van der Waals surface area contributed by atoms with Gasteiger partial charge in [0.15, 0.2) is 18.1 Å². The molecule has 0 amide bonds. The van der Waals surface area contributed by atoms with Crippen molar-refractivity contribution in [3.05, 3.63) is 68.3 Å². The summed E-state index contributed by atoms with van der Waals surface area (Å²) in [5.74, 6) is -0.0776. The number of hydrogen-bond acceptors (Lipinski definition) is 4. The molecule has 23 heavy (non-hydrogen) atoms. The number of rotatable bonds is 5. The van der Waals surface area contributed by atoms with Crippen molar-refractivity contribution in [2.24, 2.45) is 0 Å². The number of ketones is 1. The van der Waals surface area contributed by atoms with E-state index < -0.39 is 4.92 Å². The summed E-state index contributed by atoms with van der Waals surface area (Å²) in [6, 6.07) is 8.38. The first-order valence-electron chi connectivity index (χ1n) is 7.28. The Hall–Kier alpha value is -2.69. The SMILES string of the molecule is Cc1ccc([N+](=O)[O-])c(OCC(=O)c2cc(C)c(C)cc2C)c1. The first kappa shape index (κ1) is 16.7. The Bertz CT molecular complexity index is 781. The van der Waals surface area contributed by atoms with E-state index in [1.807, 2.05) is 39.8 Å². The van der Waals surface area contributed by atoms with Gasteiger partial charge < -0.3 is 4.74 Å². The van der Waals surface area contributed by atoms with Crippen molar-refractivity contribution in [1.82, 2.24) is 0 Å². The number of Topliss-reactive ketones (excluding diaryl/α,β-unsaturated/α-hetero) is 1. The molecule has 0 aliphatic rings. The molecule has 5 nitrogen and oxygen atoms in total. The van der Waals surface area contributed by atoms with Crippen LogP contribution in [-0.2, 0) is 0 Å². The third-order valence-corrected chi connectivity index (χ3v) is 3.81. The predicted molar refractivity (Wildman–Crippen MR) is 88.3 cm³/mol. The van der Waals surface area contributed by atoms with Gasteiger partial charge in [0.25, 0.3) is 0 Å². The second-order valence-electron chi connectivity index (χ2n) is 5.69. The van der Waals surface area contributed by atoms with Crippen molar-refractivity contribution in [3.63, 3.8) is 0 Å². The molecule has 0 radical (unpaired) electrons. The lowest BCUT2D eigenvalue weighted by atomic mass is 9.98. The number of nitrogens with zero attached hydrogens (tertiary/aromatic N) is 1. The fourth-order valence-corrected chi connectivity index (χ4v) is 2.37. The van der Waals surface area contributed by atoms with Gasteiger partial charge in [-0.15, -0.1) is 0 Å². The molecule has 0 aliphatic heterocycles. The second-order valence-corrected chi connectivity index (χ2v) is 5.69. The van der Waals surface area contributed by atoms with Crippen LogP contribution in [0.4, 0.5) is 5.69 Å². The summed E-state index contributed by atoms with van der Waals surface area (Å²) in [6.07, 6.45) is 0. The van der Waals surface area contributed by atoms with Crippen LogP contribution in [0, 0.1) is 37.8 Å². The molecule has 0 atom stereocenters. The number of aryl methyl sites for hydroxylation is 4. The molecular formula is C18H19NO4. The molecule has 0 aliphatic carbocycles. The number of carbonyl (C=O) groups excluding carboxylic acids is 1. The summed E-state index contributed by atoms with van der Waals surface area (Å²) >= 11 is 0. The summed E-state index contributed by atoms with van der Waals surface area (Å²) in [5, 5.41) is 11.0. The van der Waals surface area contributed by atoms with Crippen molar-refractivity contribution in [3.8, 4) is 5.75 Å². The molecule has 0 fully saturated rings. The standard InChI is InChI=1S/C18H19NO4/c1-11-5-6-16(19(21)22)18(7-11)23-10-17(20)15-9-13(3)12(2)8-14(15)4/h5-9H,10H2,1-4H3. The van der Waals surface area contributed by atoms with Crippen LogP contribution in [0.5, 0.6) is 5.75 Å². The average molecular weight is 313 g/mol. The molecule has 0 aromatic heterocycles. The molecule has 2 aromatic rings. The van der Waals surface area contributed by atoms with Crippen LogP contribution >= 0.6 is 0 Å². The van der Waals surface area contributed by atoms with Crippen LogP contribution in [0.2, 0.25) is 0 Å². The fourth-order valence-electron chi connectivity index (χ4n) is 2.37. The van der Waals surface area contributed by atoms with Crippen LogP contribution in [0.15, 0.2) is 30.3 Å². The van der Waals surface area contributed by atoms with Crippen LogP contribution in [-0.4, -0.2) is 17.3 Å². The van der Waals surface area contributed by atoms with Gasteiger partial charge in [0.05, 0.1) is 4.92 Å². The number of hydrogen-bond donors (Lipinski definition) is 0. The first-order valence-corrected chi connectivity index (χ1v) is 7.28. The summed E-state index contributed by atoms with van der Waals surface area (Å²) in [4.78, 5) is 22.9. The highest BCUT2D eigenvalue weighted by Gasteiger charge is 2.17. The van der Waals surface area contributed by atoms with Crippen LogP contribution in [0.25, 0.3) is 0 Å². The number of carbonyl (C=O) groups is 1. The number of ether oxygens (including phenoxy) is 1. The van der Waals surface area contributed by atoms with E-state index in [0.29, 0.717) is 5.56 Å². The summed E-state index contributed by atoms with van der Waals surface area (Å²) in [5.41, 5.74) is 4.30. The monoisotopic (exact) mass is 313 g/mol. The van der Waals surface area contributed by atoms with Gasteiger partial charge in [-0.05, 0) is 62.1 Å². The predicted octanol–water partition coefficient (Wildman–Crippen LogP) is 4.09. The molecule has 0 N–H and O–H groups in total. The van der Waals surface area contributed by atoms with E-state index in [-0.39, 0.29) is 23.8 Å². The Balaban J connectivity index is 2.22. The van der Waals surface area contributed by atoms with Gasteiger partial charge in [0.2, 0.25) is 0 Å². The fraction of sp³-hybridized carbons (Fsp3) is 0.278. The number of benzene rings is 2. The molecule has 0 unspecified atom stereocenters. The van der Waals surface area contributed by atoms with Gasteiger partial charge in [-0.25, -0.2) is 0 Å².